The number of hydrogen-bond donors (Lipinski definition) is 3. The summed E-state index contributed by atoms with van der Waals surface area (Å²) >= 11 is 1.67. The zero-order valence-corrected chi connectivity index (χ0v) is 31.7. The number of rotatable bonds is 8. The number of aromatic amines is 2. The molecule has 10 rings (SSSR count). The third-order valence-electron chi connectivity index (χ3n) is 10.4. The molecule has 0 amide bonds. The molecule has 0 unspecified atom stereocenters. The molecule has 7 heteroatoms. The van der Waals surface area contributed by atoms with Gasteiger partial charge in [-0.3, -0.25) is 0 Å². The topological polar surface area (TPSA) is 82.3 Å². The van der Waals surface area contributed by atoms with E-state index in [0.717, 1.165) is 124 Å². The average Bonchev–Trinajstić information content (AvgIpc) is 4.10. The maximum absolute atomic E-state index is 5.48. The Kier molecular flexibility index (Phi) is 8.69. The van der Waals surface area contributed by atoms with Crippen LogP contribution in [0.3, 0.4) is 0 Å². The normalized spacial score (nSPS) is 12.4. The van der Waals surface area contributed by atoms with Gasteiger partial charge in [0.25, 0.3) is 0 Å². The standard InChI is InChI=1S/C49H38N6S/c1-2-3-26-50-49-55-47-45-37(33-20-12-6-13-21-33)29-43(53-45)41-27-35(31-16-8-4-9-17-31)39(51-41)24-25-40-36(32-18-10-5-11-19-32)28-42(52-40)44-30-38(34-22-14-7-15-23-34)46(54-44)48(47)56-49/h4-25,27-30,51,54H,2-3,26H2,1H3,(H,50,55). The lowest BCUT2D eigenvalue weighted by Gasteiger charge is -2.03. The van der Waals surface area contributed by atoms with E-state index in [9.17, 15) is 0 Å². The molecule has 0 spiro atoms. The van der Waals surface area contributed by atoms with Crippen molar-refractivity contribution in [2.24, 2.45) is 0 Å². The molecule has 8 bridgehead atoms. The number of hydrogen-bond acceptors (Lipinski definition) is 5. The summed E-state index contributed by atoms with van der Waals surface area (Å²) in [5.41, 5.74) is 16.9. The molecule has 6 nitrogen and oxygen atoms in total. The van der Waals surface area contributed by atoms with Crippen LogP contribution in [0, 0.1) is 0 Å². The molecular formula is C49H38N6S. The monoisotopic (exact) mass is 742 g/mol. The van der Waals surface area contributed by atoms with Crippen LogP contribution in [0.4, 0.5) is 5.13 Å². The Hall–Kier alpha value is -6.83. The molecule has 6 heterocycles. The highest BCUT2D eigenvalue weighted by molar-refractivity contribution is 7.23. The maximum Gasteiger partial charge on any atom is 0.183 e. The van der Waals surface area contributed by atoms with Gasteiger partial charge in [-0.05, 0) is 65.1 Å². The third kappa shape index (κ3) is 6.22. The number of benzene rings is 4. The number of fused-ring (bicyclic) bond motifs is 13. The Morgan fingerprint density at radius 1 is 0.554 bits per heavy atom. The van der Waals surface area contributed by atoms with Crippen LogP contribution < -0.4 is 5.32 Å². The number of nitrogens with zero attached hydrogens (tertiary/aromatic N) is 3. The predicted octanol–water partition coefficient (Wildman–Crippen LogP) is 12.6. The minimum absolute atomic E-state index is 0.841. The highest BCUT2D eigenvalue weighted by Gasteiger charge is 2.23. The van der Waals surface area contributed by atoms with Crippen molar-refractivity contribution in [2.75, 3.05) is 11.9 Å². The molecule has 0 saturated heterocycles. The van der Waals surface area contributed by atoms with Gasteiger partial charge in [0.05, 0.1) is 44.0 Å². The summed E-state index contributed by atoms with van der Waals surface area (Å²) in [6, 6.07) is 50.9. The Morgan fingerprint density at radius 2 is 1.12 bits per heavy atom. The third-order valence-corrected chi connectivity index (χ3v) is 11.4. The van der Waals surface area contributed by atoms with Crippen LogP contribution in [0.15, 0.2) is 146 Å². The Balaban J connectivity index is 1.37. The number of unbranched alkanes of at least 4 members (excludes halogenated alkanes) is 1. The fourth-order valence-corrected chi connectivity index (χ4v) is 8.60. The van der Waals surface area contributed by atoms with Crippen LogP contribution in [-0.2, 0) is 0 Å². The van der Waals surface area contributed by atoms with Crippen molar-refractivity contribution in [2.45, 2.75) is 19.8 Å². The lowest BCUT2D eigenvalue weighted by atomic mass is 10.0. The van der Waals surface area contributed by atoms with Gasteiger partial charge in [0.2, 0.25) is 0 Å². The van der Waals surface area contributed by atoms with E-state index in [0.29, 0.717) is 0 Å². The fourth-order valence-electron chi connectivity index (χ4n) is 7.59. The van der Waals surface area contributed by atoms with Crippen LogP contribution >= 0.6 is 11.3 Å². The van der Waals surface area contributed by atoms with Crippen molar-refractivity contribution in [1.82, 2.24) is 24.9 Å². The summed E-state index contributed by atoms with van der Waals surface area (Å²) in [5, 5.41) is 4.52. The van der Waals surface area contributed by atoms with E-state index in [1.165, 1.54) is 0 Å². The van der Waals surface area contributed by atoms with Crippen LogP contribution in [0.5, 0.6) is 0 Å². The van der Waals surface area contributed by atoms with Gasteiger partial charge in [-0.1, -0.05) is 146 Å². The van der Waals surface area contributed by atoms with Gasteiger partial charge in [0.1, 0.15) is 5.52 Å². The molecule has 2 aliphatic heterocycles. The Morgan fingerprint density at radius 3 is 1.80 bits per heavy atom. The molecule has 0 saturated carbocycles. The van der Waals surface area contributed by atoms with Gasteiger partial charge in [0.15, 0.2) is 5.13 Å². The van der Waals surface area contributed by atoms with Crippen LogP contribution in [-0.4, -0.2) is 31.5 Å². The Labute approximate surface area is 329 Å². The minimum atomic E-state index is 0.841. The molecule has 8 aromatic rings. The van der Waals surface area contributed by atoms with E-state index in [1.54, 1.807) is 11.3 Å². The van der Waals surface area contributed by atoms with Gasteiger partial charge in [0, 0.05) is 34.3 Å². The second-order valence-electron chi connectivity index (χ2n) is 14.1. The first kappa shape index (κ1) is 33.7. The summed E-state index contributed by atoms with van der Waals surface area (Å²) in [6.07, 6.45) is 6.57. The van der Waals surface area contributed by atoms with E-state index < -0.39 is 0 Å². The van der Waals surface area contributed by atoms with Crippen LogP contribution in [0.2, 0.25) is 0 Å². The number of thiazole rings is 1. The zero-order chi connectivity index (χ0) is 37.4. The van der Waals surface area contributed by atoms with Gasteiger partial charge in [-0.25, -0.2) is 15.0 Å². The number of anilines is 1. The highest BCUT2D eigenvalue weighted by Crippen LogP contribution is 2.41. The largest absolute Gasteiger partial charge is 0.361 e. The van der Waals surface area contributed by atoms with Crippen molar-refractivity contribution in [3.8, 4) is 22.3 Å². The van der Waals surface area contributed by atoms with Gasteiger partial charge < -0.3 is 15.3 Å². The van der Waals surface area contributed by atoms with E-state index >= 15 is 0 Å². The molecule has 4 aromatic heterocycles. The zero-order valence-electron chi connectivity index (χ0n) is 30.9. The molecule has 0 atom stereocenters. The molecule has 2 aliphatic rings. The van der Waals surface area contributed by atoms with Crippen molar-refractivity contribution < 1.29 is 0 Å². The van der Waals surface area contributed by atoms with E-state index in [2.05, 4.69) is 180 Å². The smallest absolute Gasteiger partial charge is 0.183 e. The van der Waals surface area contributed by atoms with Crippen molar-refractivity contribution in [1.29, 1.82) is 0 Å². The summed E-state index contributed by atoms with van der Waals surface area (Å²) in [7, 11) is 0. The first-order chi connectivity index (χ1) is 27.7. The van der Waals surface area contributed by atoms with Gasteiger partial charge in [-0.2, -0.15) is 0 Å². The summed E-state index contributed by atoms with van der Waals surface area (Å²) in [5.74, 6) is 0. The molecule has 4 aromatic carbocycles. The first-order valence-electron chi connectivity index (χ1n) is 19.2. The maximum atomic E-state index is 5.48. The molecule has 56 heavy (non-hydrogen) atoms. The molecular weight excluding hydrogens is 705 g/mol. The molecule has 270 valence electrons. The van der Waals surface area contributed by atoms with Gasteiger partial charge >= 0.3 is 0 Å². The quantitative estimate of drug-likeness (QED) is 0.135. The number of aromatic nitrogens is 5. The summed E-state index contributed by atoms with van der Waals surface area (Å²) < 4.78 is 1.02. The summed E-state index contributed by atoms with van der Waals surface area (Å²) in [4.78, 5) is 23.8. The molecule has 0 aliphatic carbocycles. The van der Waals surface area contributed by atoms with Gasteiger partial charge in [-0.15, -0.1) is 0 Å². The fraction of sp³-hybridized carbons (Fsp3) is 0.0816. The van der Waals surface area contributed by atoms with E-state index in [1.807, 2.05) is 0 Å². The van der Waals surface area contributed by atoms with E-state index in [4.69, 9.17) is 15.0 Å². The minimum Gasteiger partial charge on any atom is -0.361 e. The van der Waals surface area contributed by atoms with Crippen molar-refractivity contribution in [3.63, 3.8) is 0 Å². The van der Waals surface area contributed by atoms with E-state index in [-0.39, 0.29) is 0 Å². The average molecular weight is 743 g/mol. The molecule has 0 fully saturated rings. The van der Waals surface area contributed by atoms with Crippen molar-refractivity contribution in [3.05, 3.63) is 179 Å². The second-order valence-corrected chi connectivity index (χ2v) is 15.1. The first-order valence-corrected chi connectivity index (χ1v) is 20.0. The summed E-state index contributed by atoms with van der Waals surface area (Å²) in [6.45, 7) is 3.06. The molecule has 0 radical (unpaired) electrons. The SMILES string of the molecule is CCCCNc1nc2c3nc(c4cc(-c5ccccc5)c(ccc5nc(c6cc(-c7ccccc7)c([nH]6)c2s1)C=C5c1ccccc1)[nH]4)C=C3c1ccccc1. The lowest BCUT2D eigenvalue weighted by molar-refractivity contribution is 0.833. The molecule has 3 N–H and O–H groups in total. The number of nitrogens with one attached hydrogen (secondary N) is 3. The lowest BCUT2D eigenvalue weighted by Crippen LogP contribution is -1.99. The van der Waals surface area contributed by atoms with Crippen LogP contribution in [0.25, 0.3) is 77.8 Å². The van der Waals surface area contributed by atoms with Crippen LogP contribution in [0.1, 0.15) is 53.7 Å². The second kappa shape index (κ2) is 14.4. The Bertz CT molecular complexity index is 2960. The highest BCUT2D eigenvalue weighted by atomic mass is 32.1. The van der Waals surface area contributed by atoms with Crippen molar-refractivity contribution >= 4 is 72.1 Å². The predicted molar refractivity (Wildman–Crippen MR) is 235 cm³/mol. The number of H-pyrrole nitrogens is 2.